The number of nitrogens with one attached hydrogen (secondary N) is 1. The lowest BCUT2D eigenvalue weighted by Crippen LogP contribution is -2.60. The summed E-state index contributed by atoms with van der Waals surface area (Å²) in [6.07, 6.45) is 62.0. The SMILES string of the molecule is CCCCCC/C=C\C/C=C\CCCCCCCC(=O)NC(COC1OC(CO)C(O)C(O)C1O)C(O)/C=C/CC/C=C/CCCCCCCCCCCCCCCCCCCCCCCCCCCC. The van der Waals surface area contributed by atoms with E-state index >= 15 is 0 Å². The Morgan fingerprint density at radius 3 is 1.28 bits per heavy atom. The Morgan fingerprint density at radius 2 is 0.845 bits per heavy atom. The summed E-state index contributed by atoms with van der Waals surface area (Å²) in [7, 11) is 0. The van der Waals surface area contributed by atoms with E-state index in [-0.39, 0.29) is 12.5 Å². The topological polar surface area (TPSA) is 149 Å². The number of hydrogen-bond acceptors (Lipinski definition) is 8. The highest BCUT2D eigenvalue weighted by Crippen LogP contribution is 2.23. The second-order valence-electron chi connectivity index (χ2n) is 21.1. The molecule has 0 bridgehead atoms. The van der Waals surface area contributed by atoms with Crippen molar-refractivity contribution in [3.63, 3.8) is 0 Å². The van der Waals surface area contributed by atoms with E-state index in [1.165, 1.54) is 199 Å². The number of ether oxygens (including phenoxy) is 2. The molecule has 1 heterocycles. The third-order valence-corrected chi connectivity index (χ3v) is 14.4. The van der Waals surface area contributed by atoms with Crippen LogP contribution in [0.15, 0.2) is 48.6 Å². The quantitative estimate of drug-likeness (QED) is 0.0261. The van der Waals surface area contributed by atoms with Gasteiger partial charge in [-0.1, -0.05) is 262 Å². The van der Waals surface area contributed by atoms with E-state index in [1.54, 1.807) is 6.08 Å². The first kappa shape index (κ1) is 67.2. The molecule has 0 aromatic rings. The normalized spacial score (nSPS) is 19.6. The first-order valence-electron chi connectivity index (χ1n) is 30.4. The number of aliphatic hydroxyl groups is 5. The number of unbranched alkanes of at least 4 members (excludes halogenated alkanes) is 36. The molecule has 416 valence electrons. The molecule has 9 nitrogen and oxygen atoms in total. The summed E-state index contributed by atoms with van der Waals surface area (Å²) in [5.41, 5.74) is 0. The molecule has 7 atom stereocenters. The van der Waals surface area contributed by atoms with Gasteiger partial charge in [-0.25, -0.2) is 0 Å². The van der Waals surface area contributed by atoms with Gasteiger partial charge in [0.25, 0.3) is 0 Å². The summed E-state index contributed by atoms with van der Waals surface area (Å²) in [4.78, 5) is 13.0. The molecular weight excluding hydrogens is 887 g/mol. The van der Waals surface area contributed by atoms with Crippen LogP contribution in [-0.4, -0.2) is 87.5 Å². The number of carbonyl (C=O) groups is 1. The maximum Gasteiger partial charge on any atom is 0.220 e. The van der Waals surface area contributed by atoms with Crippen molar-refractivity contribution >= 4 is 5.91 Å². The molecule has 0 radical (unpaired) electrons. The van der Waals surface area contributed by atoms with Gasteiger partial charge in [-0.05, 0) is 64.2 Å². The largest absolute Gasteiger partial charge is 0.394 e. The molecule has 1 aliphatic heterocycles. The van der Waals surface area contributed by atoms with Crippen LogP contribution < -0.4 is 5.32 Å². The molecule has 7 unspecified atom stereocenters. The van der Waals surface area contributed by atoms with Crippen molar-refractivity contribution in [3.05, 3.63) is 48.6 Å². The van der Waals surface area contributed by atoms with Gasteiger partial charge in [0.1, 0.15) is 24.4 Å². The second kappa shape index (κ2) is 51.6. The predicted octanol–water partition coefficient (Wildman–Crippen LogP) is 15.3. The van der Waals surface area contributed by atoms with E-state index in [2.05, 4.69) is 55.6 Å². The Kier molecular flexibility index (Phi) is 48.8. The number of hydrogen-bond donors (Lipinski definition) is 6. The number of amides is 1. The van der Waals surface area contributed by atoms with Crippen LogP contribution in [-0.2, 0) is 14.3 Å². The Hall–Kier alpha value is -1.85. The highest BCUT2D eigenvalue weighted by atomic mass is 16.7. The van der Waals surface area contributed by atoms with Gasteiger partial charge in [0.2, 0.25) is 5.91 Å². The lowest BCUT2D eigenvalue weighted by Gasteiger charge is -2.40. The molecule has 1 amide bonds. The summed E-state index contributed by atoms with van der Waals surface area (Å²) < 4.78 is 11.2. The van der Waals surface area contributed by atoms with E-state index in [1.807, 2.05) is 6.08 Å². The lowest BCUT2D eigenvalue weighted by atomic mass is 9.99. The first-order chi connectivity index (χ1) is 34.8. The molecule has 0 spiro atoms. The summed E-state index contributed by atoms with van der Waals surface area (Å²) in [5, 5.41) is 54.5. The fraction of sp³-hybridized carbons (Fsp3) is 0.855. The van der Waals surface area contributed by atoms with Gasteiger partial charge in [-0.3, -0.25) is 4.79 Å². The van der Waals surface area contributed by atoms with Crippen LogP contribution >= 0.6 is 0 Å². The van der Waals surface area contributed by atoms with Crippen molar-refractivity contribution < 1.29 is 39.8 Å². The molecular formula is C62H115NO8. The van der Waals surface area contributed by atoms with Gasteiger partial charge in [-0.2, -0.15) is 0 Å². The molecule has 1 aliphatic rings. The van der Waals surface area contributed by atoms with Crippen LogP contribution in [0.2, 0.25) is 0 Å². The van der Waals surface area contributed by atoms with E-state index in [9.17, 15) is 30.3 Å². The van der Waals surface area contributed by atoms with E-state index in [0.717, 1.165) is 64.2 Å². The summed E-state index contributed by atoms with van der Waals surface area (Å²) in [6.45, 7) is 3.76. The summed E-state index contributed by atoms with van der Waals surface area (Å²) >= 11 is 0. The van der Waals surface area contributed by atoms with Crippen molar-refractivity contribution in [1.82, 2.24) is 5.32 Å². The average Bonchev–Trinajstić information content (AvgIpc) is 3.37. The molecule has 6 N–H and O–H groups in total. The molecule has 1 fully saturated rings. The number of aliphatic hydroxyl groups excluding tert-OH is 5. The van der Waals surface area contributed by atoms with Crippen LogP contribution in [0, 0.1) is 0 Å². The van der Waals surface area contributed by atoms with Crippen LogP contribution in [0.1, 0.15) is 284 Å². The Labute approximate surface area is 437 Å². The van der Waals surface area contributed by atoms with E-state index in [4.69, 9.17) is 9.47 Å². The standard InChI is InChI=1S/C62H115NO8/c1-3-5-7-9-11-13-15-17-19-21-22-23-24-25-26-27-28-29-30-31-32-33-34-35-36-37-39-41-43-45-47-49-51-56(65)55(54-70-62-61(69)60(68)59(67)57(53-64)71-62)63-58(66)52-50-48-46-44-42-40-38-20-18-16-14-12-10-8-6-4-2/h14,16,20,38,41,43,49,51,55-57,59-62,64-65,67-69H,3-13,15,17-19,21-37,39-40,42,44-48,50,52-54H2,1-2H3,(H,63,66)/b16-14-,38-20-,43-41+,51-49+. The Balaban J connectivity index is 2.18. The second-order valence-corrected chi connectivity index (χ2v) is 21.1. The zero-order valence-electron chi connectivity index (χ0n) is 46.2. The maximum atomic E-state index is 13.0. The third-order valence-electron chi connectivity index (χ3n) is 14.4. The fourth-order valence-electron chi connectivity index (χ4n) is 9.56. The van der Waals surface area contributed by atoms with Crippen molar-refractivity contribution in [2.45, 2.75) is 326 Å². The molecule has 0 aromatic heterocycles. The van der Waals surface area contributed by atoms with Gasteiger partial charge in [0, 0.05) is 6.42 Å². The van der Waals surface area contributed by atoms with Gasteiger partial charge < -0.3 is 40.3 Å². The molecule has 0 saturated carbocycles. The first-order valence-corrected chi connectivity index (χ1v) is 30.4. The van der Waals surface area contributed by atoms with Gasteiger partial charge >= 0.3 is 0 Å². The third kappa shape index (κ3) is 41.1. The van der Waals surface area contributed by atoms with Crippen LogP contribution in [0.5, 0.6) is 0 Å². The predicted molar refractivity (Wildman–Crippen MR) is 299 cm³/mol. The highest BCUT2D eigenvalue weighted by molar-refractivity contribution is 5.76. The molecule has 9 heteroatoms. The zero-order chi connectivity index (χ0) is 51.5. The summed E-state index contributed by atoms with van der Waals surface area (Å²) in [6, 6.07) is -0.831. The smallest absolute Gasteiger partial charge is 0.220 e. The zero-order valence-corrected chi connectivity index (χ0v) is 46.2. The highest BCUT2D eigenvalue weighted by Gasteiger charge is 2.44. The van der Waals surface area contributed by atoms with Crippen molar-refractivity contribution in [2.24, 2.45) is 0 Å². The Bertz CT molecular complexity index is 1250. The van der Waals surface area contributed by atoms with Gasteiger partial charge in [-0.15, -0.1) is 0 Å². The van der Waals surface area contributed by atoms with Crippen molar-refractivity contribution in [2.75, 3.05) is 13.2 Å². The minimum atomic E-state index is -1.58. The van der Waals surface area contributed by atoms with Crippen LogP contribution in [0.4, 0.5) is 0 Å². The Morgan fingerprint density at radius 1 is 0.479 bits per heavy atom. The molecule has 1 rings (SSSR count). The maximum absolute atomic E-state index is 13.0. The minimum Gasteiger partial charge on any atom is -0.394 e. The van der Waals surface area contributed by atoms with Crippen LogP contribution in [0.25, 0.3) is 0 Å². The van der Waals surface area contributed by atoms with Gasteiger partial charge in [0.15, 0.2) is 6.29 Å². The van der Waals surface area contributed by atoms with Gasteiger partial charge in [0.05, 0.1) is 25.4 Å². The lowest BCUT2D eigenvalue weighted by molar-refractivity contribution is -0.302. The van der Waals surface area contributed by atoms with Crippen molar-refractivity contribution in [1.29, 1.82) is 0 Å². The number of rotatable bonds is 52. The van der Waals surface area contributed by atoms with Crippen molar-refractivity contribution in [3.8, 4) is 0 Å². The summed E-state index contributed by atoms with van der Waals surface area (Å²) in [5.74, 6) is -0.199. The molecule has 1 saturated heterocycles. The van der Waals surface area contributed by atoms with E-state index in [0.29, 0.717) is 6.42 Å². The monoisotopic (exact) mass is 1000 g/mol. The molecule has 71 heavy (non-hydrogen) atoms. The average molecular weight is 1000 g/mol. The number of allylic oxidation sites excluding steroid dienone is 7. The number of carbonyl (C=O) groups excluding carboxylic acids is 1. The minimum absolute atomic E-state index is 0.199. The van der Waals surface area contributed by atoms with E-state index < -0.39 is 49.5 Å². The molecule has 0 aromatic carbocycles. The fourth-order valence-corrected chi connectivity index (χ4v) is 9.56. The van der Waals surface area contributed by atoms with Crippen LogP contribution in [0.3, 0.4) is 0 Å². The molecule has 0 aliphatic carbocycles.